The minimum atomic E-state index is 0.0449. The van der Waals surface area contributed by atoms with E-state index in [2.05, 4.69) is 0 Å². The van der Waals surface area contributed by atoms with Crippen LogP contribution in [0.1, 0.15) is 54.4 Å². The second kappa shape index (κ2) is 7.52. The van der Waals surface area contributed by atoms with E-state index in [9.17, 15) is 4.79 Å². The van der Waals surface area contributed by atoms with Gasteiger partial charge in [0, 0.05) is 24.2 Å². The summed E-state index contributed by atoms with van der Waals surface area (Å²) >= 11 is 0. The number of nitrogens with zero attached hydrogens (tertiary/aromatic N) is 1. The molecule has 2 rings (SSSR count). The number of hydrogen-bond donors (Lipinski definition) is 0. The SMILES string of the molecule is COc1cc(C(=O)N(C)C2CCCCCC2)cc(OC)c1C. The molecule has 1 amide bonds. The molecule has 1 aromatic carbocycles. The summed E-state index contributed by atoms with van der Waals surface area (Å²) in [4.78, 5) is 14.7. The van der Waals surface area contributed by atoms with Gasteiger partial charge in [-0.25, -0.2) is 0 Å². The third kappa shape index (κ3) is 3.54. The number of carbonyl (C=O) groups excluding carboxylic acids is 1. The van der Waals surface area contributed by atoms with Crippen molar-refractivity contribution < 1.29 is 14.3 Å². The highest BCUT2D eigenvalue weighted by Gasteiger charge is 2.23. The van der Waals surface area contributed by atoms with Crippen LogP contribution in [0.4, 0.5) is 0 Å². The minimum absolute atomic E-state index is 0.0449. The number of hydrogen-bond acceptors (Lipinski definition) is 3. The van der Waals surface area contributed by atoms with Crippen molar-refractivity contribution >= 4 is 5.91 Å². The number of benzene rings is 1. The van der Waals surface area contributed by atoms with Crippen molar-refractivity contribution in [1.82, 2.24) is 4.90 Å². The van der Waals surface area contributed by atoms with E-state index in [1.54, 1.807) is 14.2 Å². The number of rotatable bonds is 4. The Morgan fingerprint density at radius 3 is 2.00 bits per heavy atom. The zero-order valence-electron chi connectivity index (χ0n) is 14.1. The van der Waals surface area contributed by atoms with Crippen LogP contribution in [0.3, 0.4) is 0 Å². The van der Waals surface area contributed by atoms with Gasteiger partial charge < -0.3 is 14.4 Å². The highest BCUT2D eigenvalue weighted by molar-refractivity contribution is 5.95. The molecule has 0 aliphatic heterocycles. The molecule has 1 fully saturated rings. The first kappa shape index (κ1) is 16.7. The van der Waals surface area contributed by atoms with Gasteiger partial charge in [-0.2, -0.15) is 0 Å². The van der Waals surface area contributed by atoms with Gasteiger partial charge >= 0.3 is 0 Å². The molecular weight excluding hydrogens is 278 g/mol. The molecule has 0 saturated heterocycles. The molecule has 1 saturated carbocycles. The Morgan fingerprint density at radius 2 is 1.55 bits per heavy atom. The van der Waals surface area contributed by atoms with Crippen molar-refractivity contribution in [2.24, 2.45) is 0 Å². The van der Waals surface area contributed by atoms with Crippen LogP contribution < -0.4 is 9.47 Å². The summed E-state index contributed by atoms with van der Waals surface area (Å²) in [6.45, 7) is 1.93. The summed E-state index contributed by atoms with van der Waals surface area (Å²) < 4.78 is 10.7. The van der Waals surface area contributed by atoms with Crippen LogP contribution in [0.2, 0.25) is 0 Å². The molecule has 0 N–H and O–H groups in total. The second-order valence-electron chi connectivity index (χ2n) is 6.07. The number of carbonyl (C=O) groups is 1. The van der Waals surface area contributed by atoms with Gasteiger partial charge in [0.15, 0.2) is 0 Å². The predicted molar refractivity (Wildman–Crippen MR) is 87.9 cm³/mol. The minimum Gasteiger partial charge on any atom is -0.496 e. The van der Waals surface area contributed by atoms with E-state index >= 15 is 0 Å². The predicted octanol–water partition coefficient (Wildman–Crippen LogP) is 3.81. The molecule has 1 aromatic rings. The van der Waals surface area contributed by atoms with Gasteiger partial charge in [0.05, 0.1) is 14.2 Å². The molecule has 4 heteroatoms. The fraction of sp³-hybridized carbons (Fsp3) is 0.611. The van der Waals surface area contributed by atoms with E-state index in [-0.39, 0.29) is 5.91 Å². The largest absolute Gasteiger partial charge is 0.496 e. The second-order valence-corrected chi connectivity index (χ2v) is 6.07. The molecule has 0 unspecified atom stereocenters. The van der Waals surface area contributed by atoms with E-state index in [0.717, 1.165) is 18.4 Å². The van der Waals surface area contributed by atoms with Crippen LogP contribution in [-0.2, 0) is 0 Å². The Labute approximate surface area is 133 Å². The summed E-state index contributed by atoms with van der Waals surface area (Å²) in [6, 6.07) is 3.97. The monoisotopic (exact) mass is 305 g/mol. The first-order valence-electron chi connectivity index (χ1n) is 8.08. The van der Waals surface area contributed by atoms with E-state index in [0.29, 0.717) is 23.1 Å². The van der Waals surface area contributed by atoms with E-state index in [1.165, 1.54) is 25.7 Å². The van der Waals surface area contributed by atoms with Crippen molar-refractivity contribution in [2.75, 3.05) is 21.3 Å². The highest BCUT2D eigenvalue weighted by Crippen LogP contribution is 2.31. The lowest BCUT2D eigenvalue weighted by Gasteiger charge is -2.27. The van der Waals surface area contributed by atoms with Gasteiger partial charge in [-0.15, -0.1) is 0 Å². The average Bonchev–Trinajstić information content (AvgIpc) is 2.83. The molecule has 0 spiro atoms. The zero-order chi connectivity index (χ0) is 16.1. The van der Waals surface area contributed by atoms with Gasteiger partial charge in [0.25, 0.3) is 5.91 Å². The third-order valence-corrected chi connectivity index (χ3v) is 4.69. The summed E-state index contributed by atoms with van der Waals surface area (Å²) in [5, 5.41) is 0. The molecule has 0 aromatic heterocycles. The maximum atomic E-state index is 12.8. The Balaban J connectivity index is 2.24. The van der Waals surface area contributed by atoms with E-state index in [1.807, 2.05) is 31.0 Å². The molecule has 122 valence electrons. The molecular formula is C18H27NO3. The summed E-state index contributed by atoms with van der Waals surface area (Å²) in [5.41, 5.74) is 1.55. The molecule has 1 aliphatic carbocycles. The van der Waals surface area contributed by atoms with Crippen LogP contribution in [0.15, 0.2) is 12.1 Å². The zero-order valence-corrected chi connectivity index (χ0v) is 14.1. The van der Waals surface area contributed by atoms with Crippen LogP contribution in [-0.4, -0.2) is 38.1 Å². The maximum Gasteiger partial charge on any atom is 0.254 e. The van der Waals surface area contributed by atoms with Crippen LogP contribution in [0.25, 0.3) is 0 Å². The van der Waals surface area contributed by atoms with E-state index in [4.69, 9.17) is 9.47 Å². The quantitative estimate of drug-likeness (QED) is 0.794. The summed E-state index contributed by atoms with van der Waals surface area (Å²) in [6.07, 6.45) is 7.19. The number of ether oxygens (including phenoxy) is 2. The molecule has 0 heterocycles. The molecule has 22 heavy (non-hydrogen) atoms. The lowest BCUT2D eigenvalue weighted by atomic mass is 10.0. The summed E-state index contributed by atoms with van der Waals surface area (Å²) in [5.74, 6) is 1.43. The Kier molecular flexibility index (Phi) is 5.69. The highest BCUT2D eigenvalue weighted by atomic mass is 16.5. The number of amides is 1. The standard InChI is InChI=1S/C18H27NO3/c1-13-16(21-3)11-14(12-17(13)22-4)18(20)19(2)15-9-7-5-6-8-10-15/h11-12,15H,5-10H2,1-4H3. The van der Waals surface area contributed by atoms with E-state index < -0.39 is 0 Å². The van der Waals surface area contributed by atoms with Crippen LogP contribution in [0.5, 0.6) is 11.5 Å². The maximum absolute atomic E-state index is 12.8. The molecule has 0 bridgehead atoms. The van der Waals surface area contributed by atoms with Crippen molar-refractivity contribution in [3.63, 3.8) is 0 Å². The molecule has 1 aliphatic rings. The smallest absolute Gasteiger partial charge is 0.254 e. The molecule has 0 radical (unpaired) electrons. The van der Waals surface area contributed by atoms with Gasteiger partial charge in [0.2, 0.25) is 0 Å². The number of methoxy groups -OCH3 is 2. The van der Waals surface area contributed by atoms with Gasteiger partial charge in [0.1, 0.15) is 11.5 Å². The molecule has 0 atom stereocenters. The van der Waals surface area contributed by atoms with Crippen molar-refractivity contribution in [1.29, 1.82) is 0 Å². The fourth-order valence-corrected chi connectivity index (χ4v) is 3.22. The van der Waals surface area contributed by atoms with Gasteiger partial charge in [-0.05, 0) is 31.9 Å². The van der Waals surface area contributed by atoms with Crippen molar-refractivity contribution in [3.05, 3.63) is 23.3 Å². The van der Waals surface area contributed by atoms with Crippen molar-refractivity contribution in [2.45, 2.75) is 51.5 Å². The first-order chi connectivity index (χ1) is 10.6. The van der Waals surface area contributed by atoms with Crippen LogP contribution in [0, 0.1) is 6.92 Å². The lowest BCUT2D eigenvalue weighted by Crippen LogP contribution is -2.36. The lowest BCUT2D eigenvalue weighted by molar-refractivity contribution is 0.0717. The van der Waals surface area contributed by atoms with Gasteiger partial charge in [-0.3, -0.25) is 4.79 Å². The summed E-state index contributed by atoms with van der Waals surface area (Å²) in [7, 11) is 5.15. The molecule has 4 nitrogen and oxygen atoms in total. The Hall–Kier alpha value is -1.71. The fourth-order valence-electron chi connectivity index (χ4n) is 3.22. The normalized spacial score (nSPS) is 16.0. The first-order valence-corrected chi connectivity index (χ1v) is 8.08. The Morgan fingerprint density at radius 1 is 1.05 bits per heavy atom. The topological polar surface area (TPSA) is 38.8 Å². The van der Waals surface area contributed by atoms with Crippen LogP contribution >= 0.6 is 0 Å². The van der Waals surface area contributed by atoms with Gasteiger partial charge in [-0.1, -0.05) is 25.7 Å². The Bertz CT molecular complexity index is 494. The average molecular weight is 305 g/mol. The third-order valence-electron chi connectivity index (χ3n) is 4.69. The van der Waals surface area contributed by atoms with Crippen molar-refractivity contribution in [3.8, 4) is 11.5 Å².